The Hall–Kier alpha value is -1.82. The first kappa shape index (κ1) is 15.2. The summed E-state index contributed by atoms with van der Waals surface area (Å²) in [6.07, 6.45) is 1.05. The molecule has 1 aromatic rings. The van der Waals surface area contributed by atoms with Crippen LogP contribution < -0.4 is 10.9 Å². The Morgan fingerprint density at radius 1 is 1.37 bits per heavy atom. The van der Waals surface area contributed by atoms with E-state index >= 15 is 0 Å². The number of hydrogen-bond donors (Lipinski definition) is 4. The van der Waals surface area contributed by atoms with Gasteiger partial charge < -0.3 is 15.5 Å². The van der Waals surface area contributed by atoms with Gasteiger partial charge in [0, 0.05) is 18.7 Å². The lowest BCUT2D eigenvalue weighted by molar-refractivity contribution is 0.0816. The summed E-state index contributed by atoms with van der Waals surface area (Å²) in [7, 11) is 0. The van der Waals surface area contributed by atoms with Crippen molar-refractivity contribution in [3.8, 4) is 5.88 Å². The molecule has 0 aliphatic heterocycles. The molecule has 0 saturated heterocycles. The summed E-state index contributed by atoms with van der Waals surface area (Å²) in [5.41, 5.74) is -0.483. The molecule has 4 N–H and O–H groups in total. The normalized spacial score (nSPS) is 12.4. The molecule has 0 aliphatic rings. The Morgan fingerprint density at radius 3 is 2.53 bits per heavy atom. The fraction of sp³-hybridized carbons (Fsp3) is 0.538. The maximum absolute atomic E-state index is 11.8. The van der Waals surface area contributed by atoms with E-state index in [4.69, 9.17) is 0 Å². The summed E-state index contributed by atoms with van der Waals surface area (Å²) in [6, 6.07) is 2.26. The van der Waals surface area contributed by atoms with Crippen LogP contribution in [0, 0.1) is 5.92 Å². The molecule has 1 heterocycles. The zero-order valence-electron chi connectivity index (χ0n) is 11.1. The van der Waals surface area contributed by atoms with Crippen molar-refractivity contribution in [1.82, 2.24) is 10.3 Å². The van der Waals surface area contributed by atoms with E-state index in [0.29, 0.717) is 0 Å². The van der Waals surface area contributed by atoms with Crippen LogP contribution in [0.25, 0.3) is 0 Å². The zero-order chi connectivity index (χ0) is 14.4. The summed E-state index contributed by atoms with van der Waals surface area (Å²) >= 11 is 0. The van der Waals surface area contributed by atoms with Crippen LogP contribution in [0.15, 0.2) is 16.9 Å². The second-order valence-corrected chi connectivity index (χ2v) is 4.47. The summed E-state index contributed by atoms with van der Waals surface area (Å²) < 4.78 is 0. The number of aromatic hydroxyl groups is 1. The molecule has 6 heteroatoms. The molecular formula is C13H20N2O4. The van der Waals surface area contributed by atoms with Crippen LogP contribution in [0.1, 0.15) is 37.0 Å². The number of H-pyrrole nitrogens is 1. The molecule has 0 radical (unpaired) electrons. The molecule has 1 aromatic heterocycles. The van der Waals surface area contributed by atoms with Gasteiger partial charge in [0.15, 0.2) is 5.88 Å². The van der Waals surface area contributed by atoms with Gasteiger partial charge in [-0.2, -0.15) is 0 Å². The standard InChI is InChI=1S/C13H20N2O4/c1-3-8(4-2)10(16)7-14-13(19)9-5-11(17)15-12(18)6-9/h5-6,8,10,16H,3-4,7H2,1-2H3,(H,14,19)(H2,15,17,18). The van der Waals surface area contributed by atoms with Crippen LogP contribution in [-0.2, 0) is 0 Å². The van der Waals surface area contributed by atoms with Gasteiger partial charge in [0.05, 0.1) is 11.7 Å². The minimum atomic E-state index is -0.616. The van der Waals surface area contributed by atoms with Crippen molar-refractivity contribution in [2.24, 2.45) is 5.92 Å². The molecule has 1 unspecified atom stereocenters. The summed E-state index contributed by atoms with van der Waals surface area (Å²) in [6.45, 7) is 4.08. The van der Waals surface area contributed by atoms with E-state index < -0.39 is 17.6 Å². The molecule has 0 saturated carbocycles. The van der Waals surface area contributed by atoms with E-state index in [1.165, 1.54) is 6.07 Å². The lowest BCUT2D eigenvalue weighted by Crippen LogP contribution is -2.36. The Kier molecular flexibility index (Phi) is 5.57. The number of aromatic amines is 1. The Morgan fingerprint density at radius 2 is 2.00 bits per heavy atom. The molecular weight excluding hydrogens is 248 g/mol. The third kappa shape index (κ3) is 4.40. The number of aromatic nitrogens is 1. The molecule has 0 spiro atoms. The van der Waals surface area contributed by atoms with Crippen molar-refractivity contribution in [1.29, 1.82) is 0 Å². The smallest absolute Gasteiger partial charge is 0.251 e. The average molecular weight is 268 g/mol. The van der Waals surface area contributed by atoms with Gasteiger partial charge in [-0.15, -0.1) is 0 Å². The van der Waals surface area contributed by atoms with Crippen molar-refractivity contribution in [2.75, 3.05) is 6.54 Å². The highest BCUT2D eigenvalue weighted by molar-refractivity contribution is 5.94. The van der Waals surface area contributed by atoms with Gasteiger partial charge in [0.1, 0.15) is 0 Å². The largest absolute Gasteiger partial charge is 0.494 e. The Bertz CT molecular complexity index is 480. The molecule has 0 bridgehead atoms. The third-order valence-electron chi connectivity index (χ3n) is 3.16. The molecule has 0 aliphatic carbocycles. The number of amides is 1. The predicted molar refractivity (Wildman–Crippen MR) is 71.1 cm³/mol. The third-order valence-corrected chi connectivity index (χ3v) is 3.16. The lowest BCUT2D eigenvalue weighted by Gasteiger charge is -2.20. The number of rotatable bonds is 6. The fourth-order valence-corrected chi connectivity index (χ4v) is 1.96. The second kappa shape index (κ2) is 6.94. The molecule has 1 atom stereocenters. The maximum atomic E-state index is 11.8. The van der Waals surface area contributed by atoms with Crippen LogP contribution in [0.5, 0.6) is 5.88 Å². The Balaban J connectivity index is 2.62. The van der Waals surface area contributed by atoms with Crippen LogP contribution >= 0.6 is 0 Å². The summed E-state index contributed by atoms with van der Waals surface area (Å²) in [5.74, 6) is -0.725. The molecule has 1 rings (SSSR count). The highest BCUT2D eigenvalue weighted by atomic mass is 16.3. The lowest BCUT2D eigenvalue weighted by atomic mass is 9.96. The topological polar surface area (TPSA) is 102 Å². The van der Waals surface area contributed by atoms with Crippen molar-refractivity contribution in [2.45, 2.75) is 32.8 Å². The van der Waals surface area contributed by atoms with Crippen molar-refractivity contribution in [3.05, 3.63) is 28.0 Å². The van der Waals surface area contributed by atoms with Gasteiger partial charge in [-0.05, 0) is 5.92 Å². The minimum absolute atomic E-state index is 0.0676. The number of nitrogens with one attached hydrogen (secondary N) is 2. The van der Waals surface area contributed by atoms with E-state index in [1.54, 1.807) is 0 Å². The van der Waals surface area contributed by atoms with Gasteiger partial charge in [-0.3, -0.25) is 14.6 Å². The highest BCUT2D eigenvalue weighted by Crippen LogP contribution is 2.12. The number of aliphatic hydroxyl groups excluding tert-OH is 1. The number of aliphatic hydroxyl groups is 1. The van der Waals surface area contributed by atoms with Gasteiger partial charge in [-0.1, -0.05) is 26.7 Å². The van der Waals surface area contributed by atoms with E-state index in [2.05, 4.69) is 10.3 Å². The summed E-state index contributed by atoms with van der Waals surface area (Å²) in [4.78, 5) is 25.0. The van der Waals surface area contributed by atoms with Crippen LogP contribution in [-0.4, -0.2) is 33.8 Å². The maximum Gasteiger partial charge on any atom is 0.251 e. The molecule has 0 aromatic carbocycles. The van der Waals surface area contributed by atoms with Gasteiger partial charge in [0.25, 0.3) is 11.5 Å². The Labute approximate surface area is 111 Å². The van der Waals surface area contributed by atoms with E-state index in [0.717, 1.165) is 18.9 Å². The molecule has 0 fully saturated rings. The van der Waals surface area contributed by atoms with Crippen LogP contribution in [0.2, 0.25) is 0 Å². The number of hydrogen-bond acceptors (Lipinski definition) is 4. The SMILES string of the molecule is CCC(CC)C(O)CNC(=O)c1cc(O)[nH]c(=O)c1. The first-order valence-corrected chi connectivity index (χ1v) is 6.37. The quantitative estimate of drug-likeness (QED) is 0.607. The molecule has 6 nitrogen and oxygen atoms in total. The van der Waals surface area contributed by atoms with Gasteiger partial charge in [0.2, 0.25) is 0 Å². The molecule has 1 amide bonds. The number of carbonyl (C=O) groups is 1. The minimum Gasteiger partial charge on any atom is -0.494 e. The zero-order valence-corrected chi connectivity index (χ0v) is 11.1. The first-order chi connectivity index (χ1) is 8.97. The van der Waals surface area contributed by atoms with Gasteiger partial charge in [-0.25, -0.2) is 0 Å². The predicted octanol–water partition coefficient (Wildman–Crippen LogP) is 0.607. The number of carbonyl (C=O) groups excluding carboxylic acids is 1. The van der Waals surface area contributed by atoms with Crippen molar-refractivity contribution >= 4 is 5.91 Å². The first-order valence-electron chi connectivity index (χ1n) is 6.37. The summed E-state index contributed by atoms with van der Waals surface area (Å²) in [5, 5.41) is 21.6. The van der Waals surface area contributed by atoms with E-state index in [9.17, 15) is 19.8 Å². The fourth-order valence-electron chi connectivity index (χ4n) is 1.96. The van der Waals surface area contributed by atoms with Crippen LogP contribution in [0.3, 0.4) is 0 Å². The van der Waals surface area contributed by atoms with Crippen molar-refractivity contribution in [3.63, 3.8) is 0 Å². The highest BCUT2D eigenvalue weighted by Gasteiger charge is 2.17. The molecule has 19 heavy (non-hydrogen) atoms. The second-order valence-electron chi connectivity index (χ2n) is 4.47. The van der Waals surface area contributed by atoms with Gasteiger partial charge >= 0.3 is 0 Å². The average Bonchev–Trinajstić information content (AvgIpc) is 2.36. The monoisotopic (exact) mass is 268 g/mol. The van der Waals surface area contributed by atoms with Crippen LogP contribution in [0.4, 0.5) is 0 Å². The van der Waals surface area contributed by atoms with E-state index in [1.807, 2.05) is 13.8 Å². The van der Waals surface area contributed by atoms with E-state index in [-0.39, 0.29) is 23.9 Å². The molecule has 106 valence electrons. The number of pyridine rings is 1. The van der Waals surface area contributed by atoms with Crippen molar-refractivity contribution < 1.29 is 15.0 Å².